The van der Waals surface area contributed by atoms with E-state index in [-0.39, 0.29) is 41.9 Å². The van der Waals surface area contributed by atoms with Crippen molar-refractivity contribution in [1.82, 2.24) is 20.5 Å². The van der Waals surface area contributed by atoms with Gasteiger partial charge in [0.1, 0.15) is 5.82 Å². The van der Waals surface area contributed by atoms with Gasteiger partial charge < -0.3 is 25.4 Å². The molecule has 11 nitrogen and oxygen atoms in total. The molecule has 5 rings (SSSR count). The maximum Gasteiger partial charge on any atom is 0.261 e. The SMILES string of the molecule is CS(=O)(=O)O.C[C@@H]1CN(CC(=O)N2CC(C)(C)c3nc(CO)c(Cc4ccc(F)cc4)cc32)[C@H](CC2OCCN[C@@H]2C)CN1. The summed E-state index contributed by atoms with van der Waals surface area (Å²) in [7, 11) is -3.67. The van der Waals surface area contributed by atoms with Crippen molar-refractivity contribution >= 4 is 21.7 Å². The molecule has 4 atom stereocenters. The van der Waals surface area contributed by atoms with Gasteiger partial charge in [-0.1, -0.05) is 26.0 Å². The van der Waals surface area contributed by atoms with Crippen molar-refractivity contribution in [2.45, 2.75) is 76.8 Å². The molecule has 0 radical (unpaired) electrons. The molecule has 3 aliphatic heterocycles. The quantitative estimate of drug-likeness (QED) is 0.333. The Morgan fingerprint density at radius 3 is 2.52 bits per heavy atom. The average molecular weight is 636 g/mol. The highest BCUT2D eigenvalue weighted by Gasteiger charge is 2.41. The fourth-order valence-corrected chi connectivity index (χ4v) is 6.20. The van der Waals surface area contributed by atoms with Gasteiger partial charge in [0.25, 0.3) is 10.1 Å². The molecule has 0 bridgehead atoms. The highest BCUT2D eigenvalue weighted by Crippen LogP contribution is 2.41. The number of carbonyl (C=O) groups excluding carboxylic acids is 1. The Bertz CT molecular complexity index is 1400. The second-order valence-corrected chi connectivity index (χ2v) is 14.3. The third-order valence-electron chi connectivity index (χ3n) is 8.44. The molecule has 0 spiro atoms. The highest BCUT2D eigenvalue weighted by atomic mass is 32.2. The molecule has 2 fully saturated rings. The van der Waals surface area contributed by atoms with Gasteiger partial charge in [-0.15, -0.1) is 0 Å². The summed E-state index contributed by atoms with van der Waals surface area (Å²) in [5, 5.41) is 17.2. The zero-order valence-corrected chi connectivity index (χ0v) is 27.0. The predicted molar refractivity (Wildman–Crippen MR) is 167 cm³/mol. The smallest absolute Gasteiger partial charge is 0.261 e. The molecular formula is C31H46FN5O6S. The topological polar surface area (TPSA) is 144 Å². The van der Waals surface area contributed by atoms with Crippen LogP contribution in [-0.4, -0.2) is 104 Å². The van der Waals surface area contributed by atoms with Crippen LogP contribution in [0.3, 0.4) is 0 Å². The summed E-state index contributed by atoms with van der Waals surface area (Å²) in [6.07, 6.45) is 2.21. The average Bonchev–Trinajstić information content (AvgIpc) is 3.20. The molecule has 0 saturated carbocycles. The summed E-state index contributed by atoms with van der Waals surface area (Å²) in [4.78, 5) is 23.0. The standard InChI is InChI=1S/C30H42FN5O3.CH4O3S/c1-19-15-35(24(14-33-19)13-27-20(2)32-9-10-39-27)16-28(38)36-18-30(3,4)29-26(36)12-22(25(17-37)34-29)11-21-5-7-23(31)8-6-21;1-5(2,3)4/h5-8,12,19-20,24,27,32-33,37H,9-11,13-18H2,1-4H3;1H3,(H,2,3,4)/t19-,20-,24-,27?;/m1./s1. The van der Waals surface area contributed by atoms with E-state index in [1.54, 1.807) is 12.1 Å². The first kappa shape index (κ1) is 34.4. The number of aliphatic hydroxyl groups is 1. The van der Waals surface area contributed by atoms with E-state index in [4.69, 9.17) is 14.3 Å². The van der Waals surface area contributed by atoms with Crippen molar-refractivity contribution < 1.29 is 32.0 Å². The number of amides is 1. The minimum atomic E-state index is -3.67. The Hall–Kier alpha value is -2.52. The zero-order chi connectivity index (χ0) is 32.2. The summed E-state index contributed by atoms with van der Waals surface area (Å²) in [6.45, 7) is 12.4. The molecule has 2 saturated heterocycles. The molecule has 13 heteroatoms. The summed E-state index contributed by atoms with van der Waals surface area (Å²) < 4.78 is 45.4. The molecular weight excluding hydrogens is 589 g/mol. The number of fused-ring (bicyclic) bond motifs is 1. The van der Waals surface area contributed by atoms with Crippen LogP contribution in [0.2, 0.25) is 0 Å². The van der Waals surface area contributed by atoms with Gasteiger partial charge in [0.05, 0.1) is 49.2 Å². The van der Waals surface area contributed by atoms with Gasteiger partial charge >= 0.3 is 0 Å². The Morgan fingerprint density at radius 2 is 1.89 bits per heavy atom. The third-order valence-corrected chi connectivity index (χ3v) is 8.44. The number of morpholine rings is 1. The van der Waals surface area contributed by atoms with Crippen molar-refractivity contribution in [2.75, 3.05) is 50.5 Å². The van der Waals surface area contributed by atoms with Crippen molar-refractivity contribution in [3.63, 3.8) is 0 Å². The number of nitrogens with zero attached hydrogens (tertiary/aromatic N) is 3. The van der Waals surface area contributed by atoms with Crippen LogP contribution in [0.1, 0.15) is 56.6 Å². The van der Waals surface area contributed by atoms with Gasteiger partial charge in [-0.3, -0.25) is 19.2 Å². The second-order valence-electron chi connectivity index (χ2n) is 12.8. The number of halogens is 1. The number of rotatable bonds is 7. The lowest BCUT2D eigenvalue weighted by Gasteiger charge is -2.42. The molecule has 44 heavy (non-hydrogen) atoms. The van der Waals surface area contributed by atoms with Crippen LogP contribution in [-0.2, 0) is 38.1 Å². The molecule has 2 aromatic rings. The van der Waals surface area contributed by atoms with E-state index in [2.05, 4.69) is 43.2 Å². The Kier molecular flexibility index (Phi) is 11.1. The van der Waals surface area contributed by atoms with Gasteiger partial charge in [-0.2, -0.15) is 8.42 Å². The lowest BCUT2D eigenvalue weighted by atomic mass is 9.90. The molecule has 4 N–H and O–H groups in total. The van der Waals surface area contributed by atoms with Gasteiger partial charge in [0, 0.05) is 49.7 Å². The number of piperazine rings is 1. The predicted octanol–water partition coefficient (Wildman–Crippen LogP) is 1.86. The van der Waals surface area contributed by atoms with E-state index in [0.29, 0.717) is 44.1 Å². The zero-order valence-electron chi connectivity index (χ0n) is 26.2. The van der Waals surface area contributed by atoms with Crippen LogP contribution in [0.25, 0.3) is 0 Å². The van der Waals surface area contributed by atoms with Crippen LogP contribution in [0.15, 0.2) is 30.3 Å². The second kappa shape index (κ2) is 14.3. The number of aromatic nitrogens is 1. The van der Waals surface area contributed by atoms with E-state index in [1.165, 1.54) is 12.1 Å². The molecule has 1 aromatic heterocycles. The molecule has 244 valence electrons. The molecule has 1 amide bonds. The maximum absolute atomic E-state index is 13.9. The number of aliphatic hydroxyl groups excluding tert-OH is 1. The minimum Gasteiger partial charge on any atom is -0.390 e. The van der Waals surface area contributed by atoms with Crippen LogP contribution in [0, 0.1) is 5.82 Å². The van der Waals surface area contributed by atoms with Crippen LogP contribution in [0.5, 0.6) is 0 Å². The molecule has 1 aromatic carbocycles. The normalized spacial score (nSPS) is 25.2. The molecule has 0 aliphatic carbocycles. The maximum atomic E-state index is 13.9. The lowest BCUT2D eigenvalue weighted by Crippen LogP contribution is -2.60. The summed E-state index contributed by atoms with van der Waals surface area (Å²) in [5.41, 5.74) is 3.69. The van der Waals surface area contributed by atoms with E-state index in [1.807, 2.05) is 11.0 Å². The number of pyridine rings is 1. The molecule has 3 aliphatic rings. The number of hydrogen-bond donors (Lipinski definition) is 4. The first-order chi connectivity index (χ1) is 20.6. The number of benzene rings is 1. The number of carbonyl (C=O) groups is 1. The van der Waals surface area contributed by atoms with E-state index >= 15 is 0 Å². The summed E-state index contributed by atoms with van der Waals surface area (Å²) >= 11 is 0. The summed E-state index contributed by atoms with van der Waals surface area (Å²) in [5.74, 6) is -0.226. The van der Waals surface area contributed by atoms with Crippen molar-refractivity contribution in [1.29, 1.82) is 0 Å². The molecule has 4 heterocycles. The number of hydrogen-bond acceptors (Lipinski definition) is 9. The van der Waals surface area contributed by atoms with Crippen LogP contribution < -0.4 is 15.5 Å². The first-order valence-corrected chi connectivity index (χ1v) is 16.9. The largest absolute Gasteiger partial charge is 0.390 e. The van der Waals surface area contributed by atoms with Gasteiger partial charge in [-0.25, -0.2) is 4.39 Å². The Balaban J connectivity index is 0.000000818. The summed E-state index contributed by atoms with van der Waals surface area (Å²) in [6, 6.07) is 9.16. The van der Waals surface area contributed by atoms with Crippen LogP contribution in [0.4, 0.5) is 10.1 Å². The van der Waals surface area contributed by atoms with E-state index in [0.717, 1.165) is 48.6 Å². The fourth-order valence-electron chi connectivity index (χ4n) is 6.20. The minimum absolute atomic E-state index is 0.0583. The van der Waals surface area contributed by atoms with E-state index in [9.17, 15) is 22.7 Å². The monoisotopic (exact) mass is 635 g/mol. The van der Waals surface area contributed by atoms with Gasteiger partial charge in [0.2, 0.25) is 5.91 Å². The van der Waals surface area contributed by atoms with Gasteiger partial charge in [0.15, 0.2) is 0 Å². The number of nitrogens with one attached hydrogen (secondary N) is 2. The number of anilines is 1. The Morgan fingerprint density at radius 1 is 1.20 bits per heavy atom. The van der Waals surface area contributed by atoms with Crippen molar-refractivity contribution in [3.8, 4) is 0 Å². The fraction of sp³-hybridized carbons (Fsp3) is 0.613. The van der Waals surface area contributed by atoms with Crippen molar-refractivity contribution in [2.24, 2.45) is 0 Å². The molecule has 1 unspecified atom stereocenters. The van der Waals surface area contributed by atoms with E-state index < -0.39 is 10.1 Å². The van der Waals surface area contributed by atoms with Crippen molar-refractivity contribution in [3.05, 3.63) is 58.7 Å². The Labute approximate surface area is 259 Å². The first-order valence-electron chi connectivity index (χ1n) is 15.1. The van der Waals surface area contributed by atoms with Gasteiger partial charge in [-0.05, 0) is 56.0 Å². The lowest BCUT2D eigenvalue weighted by molar-refractivity contribution is -0.121. The third kappa shape index (κ3) is 9.03. The number of ether oxygens (including phenoxy) is 1. The highest BCUT2D eigenvalue weighted by molar-refractivity contribution is 7.85. The van der Waals surface area contributed by atoms with Crippen LogP contribution >= 0.6 is 0 Å².